The van der Waals surface area contributed by atoms with E-state index in [1.165, 1.54) is 7.11 Å². The Bertz CT molecular complexity index is 762. The first-order valence-corrected chi connectivity index (χ1v) is 8.09. The zero-order chi connectivity index (χ0) is 18.6. The third-order valence-corrected chi connectivity index (χ3v) is 3.81. The molecule has 7 nitrogen and oxygen atoms in total. The fourth-order valence-electron chi connectivity index (χ4n) is 2.26. The van der Waals surface area contributed by atoms with E-state index < -0.39 is 5.97 Å². The number of carbonyl (C=O) groups excluding carboxylic acids is 1. The van der Waals surface area contributed by atoms with Crippen LogP contribution in [0.25, 0.3) is 0 Å². The van der Waals surface area contributed by atoms with Gasteiger partial charge in [0.2, 0.25) is 0 Å². The second kappa shape index (κ2) is 8.02. The lowest BCUT2D eigenvalue weighted by Crippen LogP contribution is -2.24. The number of halogens is 1. The molecule has 0 aliphatic rings. The summed E-state index contributed by atoms with van der Waals surface area (Å²) in [5.74, 6) is 0.394. The Morgan fingerprint density at radius 2 is 1.96 bits per heavy atom. The summed E-state index contributed by atoms with van der Waals surface area (Å²) < 4.78 is 10.6. The van der Waals surface area contributed by atoms with E-state index in [0.29, 0.717) is 6.54 Å². The molecule has 1 unspecified atom stereocenters. The van der Waals surface area contributed by atoms with Crippen LogP contribution in [0.1, 0.15) is 28.5 Å². The third-order valence-electron chi connectivity index (χ3n) is 3.54. The van der Waals surface area contributed by atoms with Crippen molar-refractivity contribution in [2.75, 3.05) is 24.7 Å². The van der Waals surface area contributed by atoms with Crippen molar-refractivity contribution in [1.82, 2.24) is 9.97 Å². The highest BCUT2D eigenvalue weighted by molar-refractivity contribution is 6.31. The van der Waals surface area contributed by atoms with Crippen LogP contribution in [0.5, 0.6) is 5.75 Å². The molecule has 1 atom stereocenters. The molecular formula is C17H21ClN4O3. The summed E-state index contributed by atoms with van der Waals surface area (Å²) in [6.07, 6.45) is -0.154. The van der Waals surface area contributed by atoms with Crippen molar-refractivity contribution in [1.29, 1.82) is 0 Å². The molecule has 0 saturated heterocycles. The summed E-state index contributed by atoms with van der Waals surface area (Å²) in [4.78, 5) is 19.5. The number of hydrogen-bond donors (Lipinski definition) is 2. The number of anilines is 2. The van der Waals surface area contributed by atoms with Crippen molar-refractivity contribution in [3.63, 3.8) is 0 Å². The Hall–Kier alpha value is -2.54. The lowest BCUT2D eigenvalue weighted by atomic mass is 10.1. The minimum absolute atomic E-state index is 0.0360. The quantitative estimate of drug-likeness (QED) is 0.760. The number of carbonyl (C=O) groups is 1. The lowest BCUT2D eigenvalue weighted by molar-refractivity contribution is 0.0595. The Kier molecular flexibility index (Phi) is 6.03. The number of aryl methyl sites for hydroxylation is 2. The monoisotopic (exact) mass is 364 g/mol. The standard InChI is InChI=1S/C17H21ClN4O3/c1-9-6-5-7-10(2)13(9)25-11(3)8-20-16-14(18)21-12(15(19)22-16)17(23)24-4/h5-7,11H,8H2,1-4H3,(H3,19,20,22). The number of nitrogens with two attached hydrogens (primary N) is 1. The predicted molar refractivity (Wildman–Crippen MR) is 97.3 cm³/mol. The van der Waals surface area contributed by atoms with Gasteiger partial charge in [-0.2, -0.15) is 0 Å². The van der Waals surface area contributed by atoms with Crippen molar-refractivity contribution >= 4 is 29.2 Å². The normalized spacial score (nSPS) is 11.7. The van der Waals surface area contributed by atoms with E-state index in [4.69, 9.17) is 22.1 Å². The number of nitrogen functional groups attached to an aromatic ring is 1. The van der Waals surface area contributed by atoms with E-state index in [9.17, 15) is 4.79 Å². The maximum Gasteiger partial charge on any atom is 0.360 e. The minimum atomic E-state index is -0.690. The highest BCUT2D eigenvalue weighted by Gasteiger charge is 2.18. The van der Waals surface area contributed by atoms with Crippen LogP contribution < -0.4 is 15.8 Å². The van der Waals surface area contributed by atoms with Crippen molar-refractivity contribution in [3.8, 4) is 5.75 Å². The number of nitrogens with one attached hydrogen (secondary N) is 1. The van der Waals surface area contributed by atoms with Gasteiger partial charge in [0.1, 0.15) is 11.9 Å². The molecule has 0 saturated carbocycles. The number of ether oxygens (including phenoxy) is 2. The molecular weight excluding hydrogens is 344 g/mol. The SMILES string of the molecule is COC(=O)c1nc(Cl)c(NCC(C)Oc2c(C)cccc2C)nc1N. The zero-order valence-corrected chi connectivity index (χ0v) is 15.3. The molecule has 2 aromatic rings. The van der Waals surface area contributed by atoms with Crippen LogP contribution in [0.2, 0.25) is 5.15 Å². The molecule has 2 rings (SSSR count). The van der Waals surface area contributed by atoms with Crippen molar-refractivity contribution in [3.05, 3.63) is 40.2 Å². The van der Waals surface area contributed by atoms with Crippen LogP contribution in [-0.4, -0.2) is 35.7 Å². The number of aromatic nitrogens is 2. The van der Waals surface area contributed by atoms with Crippen LogP contribution in [0, 0.1) is 13.8 Å². The van der Waals surface area contributed by atoms with Crippen LogP contribution >= 0.6 is 11.6 Å². The van der Waals surface area contributed by atoms with Gasteiger partial charge in [-0.1, -0.05) is 29.8 Å². The number of hydrogen-bond acceptors (Lipinski definition) is 7. The minimum Gasteiger partial charge on any atom is -0.488 e. The Balaban J connectivity index is 2.06. The highest BCUT2D eigenvalue weighted by atomic mass is 35.5. The van der Waals surface area contributed by atoms with Crippen molar-refractivity contribution < 1.29 is 14.3 Å². The average Bonchev–Trinajstić information content (AvgIpc) is 2.58. The van der Waals surface area contributed by atoms with Gasteiger partial charge in [0.15, 0.2) is 22.5 Å². The molecule has 134 valence electrons. The van der Waals surface area contributed by atoms with E-state index in [0.717, 1.165) is 16.9 Å². The molecule has 1 aromatic carbocycles. The summed E-state index contributed by atoms with van der Waals surface area (Å²) >= 11 is 6.06. The molecule has 0 bridgehead atoms. The Labute approximate surface area is 151 Å². The molecule has 0 fully saturated rings. The average molecular weight is 365 g/mol. The zero-order valence-electron chi connectivity index (χ0n) is 14.6. The Morgan fingerprint density at radius 1 is 1.32 bits per heavy atom. The molecule has 25 heavy (non-hydrogen) atoms. The van der Waals surface area contributed by atoms with E-state index in [1.807, 2.05) is 39.0 Å². The second-order valence-electron chi connectivity index (χ2n) is 5.62. The molecule has 0 spiro atoms. The van der Waals surface area contributed by atoms with Crippen LogP contribution in [0.15, 0.2) is 18.2 Å². The first-order chi connectivity index (χ1) is 11.8. The number of rotatable bonds is 6. The predicted octanol–water partition coefficient (Wildman–Crippen LogP) is 3.00. The largest absolute Gasteiger partial charge is 0.488 e. The van der Waals surface area contributed by atoms with Gasteiger partial charge >= 0.3 is 5.97 Å². The van der Waals surface area contributed by atoms with Gasteiger partial charge in [-0.25, -0.2) is 14.8 Å². The van der Waals surface area contributed by atoms with E-state index in [-0.39, 0.29) is 28.6 Å². The summed E-state index contributed by atoms with van der Waals surface area (Å²) in [7, 11) is 1.23. The maximum absolute atomic E-state index is 11.5. The fourth-order valence-corrected chi connectivity index (χ4v) is 2.45. The molecule has 1 aromatic heterocycles. The molecule has 3 N–H and O–H groups in total. The molecule has 0 amide bonds. The Morgan fingerprint density at radius 3 is 2.56 bits per heavy atom. The fraction of sp³-hybridized carbons (Fsp3) is 0.353. The van der Waals surface area contributed by atoms with Gasteiger partial charge in [0, 0.05) is 0 Å². The number of esters is 1. The smallest absolute Gasteiger partial charge is 0.360 e. The first-order valence-electron chi connectivity index (χ1n) is 7.71. The summed E-state index contributed by atoms with van der Waals surface area (Å²) in [6.45, 7) is 6.35. The van der Waals surface area contributed by atoms with Crippen LogP contribution in [-0.2, 0) is 4.74 Å². The van der Waals surface area contributed by atoms with Gasteiger partial charge in [0.05, 0.1) is 13.7 Å². The first kappa shape index (κ1) is 18.8. The third kappa shape index (κ3) is 4.51. The molecule has 8 heteroatoms. The second-order valence-corrected chi connectivity index (χ2v) is 5.98. The highest BCUT2D eigenvalue weighted by Crippen LogP contribution is 2.24. The van der Waals surface area contributed by atoms with Crippen LogP contribution in [0.3, 0.4) is 0 Å². The summed E-state index contributed by atoms with van der Waals surface area (Å²) in [6, 6.07) is 5.98. The number of nitrogens with zero attached hydrogens (tertiary/aromatic N) is 2. The topological polar surface area (TPSA) is 99.4 Å². The van der Waals surface area contributed by atoms with E-state index in [2.05, 4.69) is 20.0 Å². The number of benzene rings is 1. The van der Waals surface area contributed by atoms with Gasteiger partial charge in [-0.3, -0.25) is 0 Å². The molecule has 1 heterocycles. The summed E-state index contributed by atoms with van der Waals surface area (Å²) in [5.41, 5.74) is 7.75. The lowest BCUT2D eigenvalue weighted by Gasteiger charge is -2.19. The summed E-state index contributed by atoms with van der Waals surface area (Å²) in [5, 5.41) is 3.07. The molecule has 0 aliphatic carbocycles. The van der Waals surface area contributed by atoms with Crippen molar-refractivity contribution in [2.24, 2.45) is 0 Å². The van der Waals surface area contributed by atoms with E-state index >= 15 is 0 Å². The van der Waals surface area contributed by atoms with Gasteiger partial charge in [-0.15, -0.1) is 0 Å². The van der Waals surface area contributed by atoms with E-state index in [1.54, 1.807) is 0 Å². The number of para-hydroxylation sites is 1. The van der Waals surface area contributed by atoms with Crippen molar-refractivity contribution in [2.45, 2.75) is 26.9 Å². The molecule has 0 aliphatic heterocycles. The van der Waals surface area contributed by atoms with Gasteiger partial charge < -0.3 is 20.5 Å². The molecule has 0 radical (unpaired) electrons. The van der Waals surface area contributed by atoms with Gasteiger partial charge in [-0.05, 0) is 31.9 Å². The maximum atomic E-state index is 11.5. The van der Waals surface area contributed by atoms with Crippen LogP contribution in [0.4, 0.5) is 11.6 Å². The van der Waals surface area contributed by atoms with Gasteiger partial charge in [0.25, 0.3) is 0 Å². The number of methoxy groups -OCH3 is 1.